The summed E-state index contributed by atoms with van der Waals surface area (Å²) in [6.45, 7) is 2.82. The molecule has 6 heteroatoms. The Morgan fingerprint density at radius 2 is 1.85 bits per heavy atom. The quantitative estimate of drug-likeness (QED) is 0.825. The van der Waals surface area contributed by atoms with Gasteiger partial charge < -0.3 is 10.2 Å². The van der Waals surface area contributed by atoms with E-state index in [1.54, 1.807) is 11.8 Å². The molecule has 20 heavy (non-hydrogen) atoms. The molecular formula is C14H19N5S. The molecular weight excluding hydrogens is 270 g/mol. The van der Waals surface area contributed by atoms with Gasteiger partial charge in [-0.2, -0.15) is 15.0 Å². The summed E-state index contributed by atoms with van der Waals surface area (Å²) in [5.74, 6) is 2.15. The molecule has 2 aromatic rings. The molecule has 0 aliphatic rings. The molecule has 2 rings (SSSR count). The first kappa shape index (κ1) is 14.6. The zero-order valence-corrected chi connectivity index (χ0v) is 12.8. The number of benzene rings is 1. The monoisotopic (exact) mass is 289 g/mol. The average Bonchev–Trinajstić information content (AvgIpc) is 2.46. The van der Waals surface area contributed by atoms with Gasteiger partial charge in [-0.1, -0.05) is 42.1 Å². The van der Waals surface area contributed by atoms with Crippen LogP contribution in [0, 0.1) is 0 Å². The first-order valence-electron chi connectivity index (χ1n) is 6.53. The number of thioether (sulfide) groups is 1. The van der Waals surface area contributed by atoms with Crippen LogP contribution in [0.1, 0.15) is 12.5 Å². The van der Waals surface area contributed by atoms with Gasteiger partial charge in [0.1, 0.15) is 0 Å². The third-order valence-electron chi connectivity index (χ3n) is 2.55. The predicted molar refractivity (Wildman–Crippen MR) is 84.3 cm³/mol. The number of anilines is 2. The van der Waals surface area contributed by atoms with E-state index in [0.29, 0.717) is 11.9 Å². The van der Waals surface area contributed by atoms with Gasteiger partial charge in [-0.25, -0.2) is 0 Å². The SMILES string of the molecule is CCNc1nc(SCc2ccccc2)nc(N(C)C)n1. The molecule has 106 valence electrons. The van der Waals surface area contributed by atoms with Gasteiger partial charge in [0.2, 0.25) is 11.9 Å². The van der Waals surface area contributed by atoms with Gasteiger partial charge in [-0.3, -0.25) is 0 Å². The molecule has 0 unspecified atom stereocenters. The molecule has 0 bridgehead atoms. The number of hydrogen-bond acceptors (Lipinski definition) is 6. The molecule has 5 nitrogen and oxygen atoms in total. The lowest BCUT2D eigenvalue weighted by molar-refractivity contribution is 0.863. The number of rotatable bonds is 6. The van der Waals surface area contributed by atoms with Crippen molar-refractivity contribution in [1.82, 2.24) is 15.0 Å². The van der Waals surface area contributed by atoms with Crippen LogP contribution >= 0.6 is 11.8 Å². The van der Waals surface area contributed by atoms with Crippen LogP contribution < -0.4 is 10.2 Å². The Balaban J connectivity index is 2.13. The van der Waals surface area contributed by atoms with Crippen LogP contribution in [0.15, 0.2) is 35.5 Å². The third-order valence-corrected chi connectivity index (χ3v) is 3.47. The number of hydrogen-bond donors (Lipinski definition) is 1. The van der Waals surface area contributed by atoms with E-state index in [0.717, 1.165) is 17.5 Å². The molecule has 0 fully saturated rings. The van der Waals surface area contributed by atoms with Gasteiger partial charge in [0.05, 0.1) is 0 Å². The summed E-state index contributed by atoms with van der Waals surface area (Å²) in [5, 5.41) is 3.88. The third kappa shape index (κ3) is 4.09. The summed E-state index contributed by atoms with van der Waals surface area (Å²) in [4.78, 5) is 15.1. The first-order chi connectivity index (χ1) is 9.69. The van der Waals surface area contributed by atoms with E-state index in [2.05, 4.69) is 32.4 Å². The van der Waals surface area contributed by atoms with Crippen LogP contribution in [0.3, 0.4) is 0 Å². The van der Waals surface area contributed by atoms with E-state index in [1.165, 1.54) is 5.56 Å². The maximum Gasteiger partial charge on any atom is 0.230 e. The lowest BCUT2D eigenvalue weighted by Crippen LogP contribution is -2.15. The molecule has 0 saturated carbocycles. The van der Waals surface area contributed by atoms with Crippen molar-refractivity contribution in [3.8, 4) is 0 Å². The minimum absolute atomic E-state index is 0.627. The highest BCUT2D eigenvalue weighted by Crippen LogP contribution is 2.21. The van der Waals surface area contributed by atoms with Crippen molar-refractivity contribution in [3.63, 3.8) is 0 Å². The van der Waals surface area contributed by atoms with Gasteiger partial charge in [-0.05, 0) is 12.5 Å². The van der Waals surface area contributed by atoms with Crippen LogP contribution in [0.5, 0.6) is 0 Å². The van der Waals surface area contributed by atoms with Gasteiger partial charge in [0.15, 0.2) is 5.16 Å². The predicted octanol–water partition coefficient (Wildman–Crippen LogP) is 2.66. The Kier molecular flexibility index (Phi) is 5.17. The number of nitrogens with one attached hydrogen (secondary N) is 1. The van der Waals surface area contributed by atoms with Crippen LogP contribution in [0.25, 0.3) is 0 Å². The molecule has 0 atom stereocenters. The van der Waals surface area contributed by atoms with E-state index in [-0.39, 0.29) is 0 Å². The highest BCUT2D eigenvalue weighted by atomic mass is 32.2. The van der Waals surface area contributed by atoms with Crippen LogP contribution in [0.2, 0.25) is 0 Å². The Labute approximate surface area is 123 Å². The molecule has 1 heterocycles. The van der Waals surface area contributed by atoms with Crippen LogP contribution in [-0.2, 0) is 5.75 Å². The van der Waals surface area contributed by atoms with Crippen molar-refractivity contribution in [2.45, 2.75) is 17.8 Å². The van der Waals surface area contributed by atoms with E-state index in [9.17, 15) is 0 Å². The highest BCUT2D eigenvalue weighted by Gasteiger charge is 2.08. The van der Waals surface area contributed by atoms with Gasteiger partial charge in [-0.15, -0.1) is 0 Å². The van der Waals surface area contributed by atoms with Crippen molar-refractivity contribution >= 4 is 23.7 Å². The molecule has 0 saturated heterocycles. The molecule has 1 N–H and O–H groups in total. The maximum absolute atomic E-state index is 4.46. The largest absolute Gasteiger partial charge is 0.354 e. The van der Waals surface area contributed by atoms with Gasteiger partial charge in [0, 0.05) is 26.4 Å². The van der Waals surface area contributed by atoms with Crippen LogP contribution in [-0.4, -0.2) is 35.6 Å². The van der Waals surface area contributed by atoms with Crippen molar-refractivity contribution in [1.29, 1.82) is 0 Å². The zero-order valence-electron chi connectivity index (χ0n) is 12.0. The van der Waals surface area contributed by atoms with Crippen LogP contribution in [0.4, 0.5) is 11.9 Å². The Bertz CT molecular complexity index is 545. The lowest BCUT2D eigenvalue weighted by Gasteiger charge is -2.12. The molecule has 0 radical (unpaired) electrons. The van der Waals surface area contributed by atoms with Crippen molar-refractivity contribution in [2.24, 2.45) is 0 Å². The lowest BCUT2D eigenvalue weighted by atomic mass is 10.2. The Hall–Kier alpha value is -1.82. The normalized spacial score (nSPS) is 10.3. The number of nitrogens with zero attached hydrogens (tertiary/aromatic N) is 4. The molecule has 0 amide bonds. The Morgan fingerprint density at radius 3 is 2.50 bits per heavy atom. The van der Waals surface area contributed by atoms with E-state index >= 15 is 0 Å². The second kappa shape index (κ2) is 7.09. The number of aromatic nitrogens is 3. The van der Waals surface area contributed by atoms with Crippen molar-refractivity contribution in [2.75, 3.05) is 30.9 Å². The fraction of sp³-hybridized carbons (Fsp3) is 0.357. The highest BCUT2D eigenvalue weighted by molar-refractivity contribution is 7.98. The first-order valence-corrected chi connectivity index (χ1v) is 7.51. The zero-order chi connectivity index (χ0) is 14.4. The van der Waals surface area contributed by atoms with E-state index in [4.69, 9.17) is 0 Å². The smallest absolute Gasteiger partial charge is 0.230 e. The second-order valence-electron chi connectivity index (χ2n) is 4.44. The fourth-order valence-corrected chi connectivity index (χ4v) is 2.36. The minimum atomic E-state index is 0.627. The fourth-order valence-electron chi connectivity index (χ4n) is 1.57. The van der Waals surface area contributed by atoms with Crippen molar-refractivity contribution in [3.05, 3.63) is 35.9 Å². The minimum Gasteiger partial charge on any atom is -0.354 e. The summed E-state index contributed by atoms with van der Waals surface area (Å²) in [6.07, 6.45) is 0. The van der Waals surface area contributed by atoms with Gasteiger partial charge in [0.25, 0.3) is 0 Å². The molecule has 0 aliphatic heterocycles. The molecule has 1 aromatic carbocycles. The standard InChI is InChI=1S/C14H19N5S/c1-4-15-12-16-13(19(2)3)18-14(17-12)20-10-11-8-6-5-7-9-11/h5-9H,4,10H2,1-3H3,(H,15,16,17,18). The summed E-state index contributed by atoms with van der Waals surface area (Å²) in [6, 6.07) is 10.3. The van der Waals surface area contributed by atoms with Gasteiger partial charge >= 0.3 is 0 Å². The van der Waals surface area contributed by atoms with Crippen molar-refractivity contribution < 1.29 is 0 Å². The topological polar surface area (TPSA) is 53.9 Å². The van der Waals surface area contributed by atoms with E-state index in [1.807, 2.05) is 44.1 Å². The summed E-state index contributed by atoms with van der Waals surface area (Å²) < 4.78 is 0. The molecule has 0 spiro atoms. The maximum atomic E-state index is 4.46. The second-order valence-corrected chi connectivity index (χ2v) is 5.38. The average molecular weight is 289 g/mol. The summed E-state index contributed by atoms with van der Waals surface area (Å²) in [5.41, 5.74) is 1.26. The summed E-state index contributed by atoms with van der Waals surface area (Å²) >= 11 is 1.62. The summed E-state index contributed by atoms with van der Waals surface area (Å²) in [7, 11) is 3.85. The molecule has 1 aromatic heterocycles. The molecule has 0 aliphatic carbocycles. The van der Waals surface area contributed by atoms with E-state index < -0.39 is 0 Å². The Morgan fingerprint density at radius 1 is 1.10 bits per heavy atom.